The van der Waals surface area contributed by atoms with Gasteiger partial charge in [-0.1, -0.05) is 270 Å². The maximum absolute atomic E-state index is 2.79. The molecule has 0 unspecified atom stereocenters. The van der Waals surface area contributed by atoms with Crippen LogP contribution in [0.3, 0.4) is 0 Å². The molecular formula is C107H184. The van der Waals surface area contributed by atoms with E-state index in [0.29, 0.717) is 32.5 Å². The van der Waals surface area contributed by atoms with Crippen LogP contribution in [-0.2, 0) is 0 Å². The van der Waals surface area contributed by atoms with E-state index in [1.54, 1.807) is 44.9 Å². The van der Waals surface area contributed by atoms with E-state index in [1.807, 2.05) is 16.7 Å². The van der Waals surface area contributed by atoms with Crippen molar-refractivity contribution in [2.45, 2.75) is 441 Å². The Labute approximate surface area is 668 Å². The summed E-state index contributed by atoms with van der Waals surface area (Å²) in [5, 5.41) is 0. The Morgan fingerprint density at radius 3 is 1.17 bits per heavy atom. The maximum atomic E-state index is 2.79. The molecule has 0 aromatic heterocycles. The molecule has 0 radical (unpaired) electrons. The standard InChI is InChI=1S/C30H52.C29H50.C28H48.C20H34/c1-7-9-23-16-18-29(5)24(20-23)12-13-25-27-15-14-26(22(4)11-8-10-21(2)3)30(27,6)19-17-28(25)29;1-7-22-15-17-28(5)23(19-22)11-12-24-26-14-13-25(21(4)10-8-9-20(2)3)29(26,6)18-16-27(24)28;1-19(2)8-7-9-21(4)24-12-13-25-23-11-10-22-18-20(3)14-16-27(22,5)26(23)15-17-28(24,25)6;1-14-8-12-20(3)15(13-14)6-7-16-17-5-4-10-19(17,2)11-9-18(16)20/h12,21-23,25-28H,7-11,13-20H2,1-6H3;11,20-22,24-27H,7-10,12-19H2,1-6H3;10,19-21,23-26H,7-9,11-18H2,1-6H3;14-18H,4-13H2,1-3H3/t22-,23+,25+,26-,27+,28+,29+,30-;21-,22+,24+,25-,26+,27+,28+,29-;20-,21+,23-,24+,25-,26-,27-,28+;14-,15+,16+,17+,18+,19+,20+/m1101/s1. The van der Waals surface area contributed by atoms with Crippen molar-refractivity contribution in [2.75, 3.05) is 0 Å². The van der Waals surface area contributed by atoms with Crippen molar-refractivity contribution in [2.24, 2.45) is 197 Å². The smallest absolute Gasteiger partial charge is 0.00851 e. The summed E-state index contributed by atoms with van der Waals surface area (Å²) in [6.07, 6.45) is 76.8. The van der Waals surface area contributed by atoms with Crippen molar-refractivity contribution in [3.8, 4) is 0 Å². The number of fused-ring (bicyclic) bond motifs is 20. The van der Waals surface area contributed by atoms with Crippen LogP contribution >= 0.6 is 0 Å². The van der Waals surface area contributed by atoms with E-state index < -0.39 is 0 Å². The first-order valence-electron chi connectivity index (χ1n) is 50.0. The first-order chi connectivity index (χ1) is 50.9. The van der Waals surface area contributed by atoms with E-state index in [-0.39, 0.29) is 0 Å². The highest BCUT2D eigenvalue weighted by atomic mass is 14.7. The summed E-state index contributed by atoms with van der Waals surface area (Å²) in [5.41, 5.74) is 10.7. The minimum Gasteiger partial charge on any atom is -0.0845 e. The van der Waals surface area contributed by atoms with E-state index >= 15 is 0 Å². The van der Waals surface area contributed by atoms with E-state index in [9.17, 15) is 0 Å². The highest BCUT2D eigenvalue weighted by molar-refractivity contribution is 5.28. The van der Waals surface area contributed by atoms with Gasteiger partial charge < -0.3 is 0 Å². The molecule has 0 aromatic carbocycles. The molecule has 16 aliphatic rings. The zero-order valence-electron chi connectivity index (χ0n) is 75.8. The molecule has 0 saturated heterocycles. The van der Waals surface area contributed by atoms with E-state index in [4.69, 9.17) is 0 Å². The second-order valence-electron chi connectivity index (χ2n) is 48.3. The molecule has 16 rings (SSSR count). The molecule has 0 heterocycles. The van der Waals surface area contributed by atoms with Crippen LogP contribution in [0, 0.1) is 197 Å². The topological polar surface area (TPSA) is 0 Å². The zero-order valence-corrected chi connectivity index (χ0v) is 75.8. The van der Waals surface area contributed by atoms with Crippen molar-refractivity contribution >= 4 is 0 Å². The largest absolute Gasteiger partial charge is 0.0845 e. The summed E-state index contributed by atoms with van der Waals surface area (Å²) in [5.74, 6) is 25.6. The molecule has 0 N–H and O–H groups in total. The fourth-order valence-electron chi connectivity index (χ4n) is 34.9. The predicted octanol–water partition coefficient (Wildman–Crippen LogP) is 33.2. The number of rotatable bonds is 18. The Bertz CT molecular complexity index is 2960. The summed E-state index contributed by atoms with van der Waals surface area (Å²) in [7, 11) is 0. The molecule has 0 nitrogen and oxygen atoms in total. The SMILES string of the molecule is CC(C)CCC[C@@H](C)[C@H]1CC[C@H]2[C@@H]3CC=C4C[C@@H](C)CC[C@]4(C)[C@H]3CC[C@]12C.CCC[C@H]1CC[C@@]2(C)C(=CC[C@H]3[C@@H]4CC[C@H]([C@H](C)CCCC(C)C)[C@@]4(C)CC[C@@H]32)C1.CC[C@H]1CC[C@@]2(C)C(=CC[C@H]3[C@@H]4CC[C@H]([C@H](C)CCCC(C)C)[C@@]4(C)CC[C@@H]32)C1.C[C@@H]1CC[C@@]2(C)[C@@H](CC[C@H]3[C@@H]4CCC[C@@]4(C)CC[C@@H]32)C1. The summed E-state index contributed by atoms with van der Waals surface area (Å²) in [6.45, 7) is 53.5. The van der Waals surface area contributed by atoms with Gasteiger partial charge in [0.15, 0.2) is 0 Å². The molecule has 0 amide bonds. The van der Waals surface area contributed by atoms with Crippen LogP contribution in [0.15, 0.2) is 34.9 Å². The summed E-state index contributed by atoms with van der Waals surface area (Å²) in [6, 6.07) is 0. The van der Waals surface area contributed by atoms with Crippen LogP contribution < -0.4 is 0 Å². The Kier molecular flexibility index (Phi) is 26.8. The van der Waals surface area contributed by atoms with Gasteiger partial charge in [0.05, 0.1) is 0 Å². The van der Waals surface area contributed by atoms with Gasteiger partial charge in [-0.2, -0.15) is 0 Å². The summed E-state index contributed by atoms with van der Waals surface area (Å²) in [4.78, 5) is 0. The van der Waals surface area contributed by atoms with Gasteiger partial charge in [0.1, 0.15) is 0 Å². The van der Waals surface area contributed by atoms with Crippen LogP contribution in [0.2, 0.25) is 0 Å². The van der Waals surface area contributed by atoms with Crippen LogP contribution in [0.4, 0.5) is 0 Å². The molecular weight excluding hydrogens is 1290 g/mol. The average molecular weight is 1470 g/mol. The van der Waals surface area contributed by atoms with Gasteiger partial charge in [-0.25, -0.2) is 0 Å². The van der Waals surface area contributed by atoms with Gasteiger partial charge >= 0.3 is 0 Å². The van der Waals surface area contributed by atoms with Crippen LogP contribution in [0.1, 0.15) is 441 Å². The second kappa shape index (κ2) is 34.0. The lowest BCUT2D eigenvalue weighted by atomic mass is 9.45. The number of hydrogen-bond acceptors (Lipinski definition) is 0. The van der Waals surface area contributed by atoms with Crippen LogP contribution in [-0.4, -0.2) is 0 Å². The highest BCUT2D eigenvalue weighted by Gasteiger charge is 2.64. The first-order valence-corrected chi connectivity index (χ1v) is 50.0. The Balaban J connectivity index is 0.000000127. The Morgan fingerprint density at radius 1 is 0.336 bits per heavy atom. The molecule has 0 aromatic rings. The van der Waals surface area contributed by atoms with Gasteiger partial charge in [0, 0.05) is 0 Å². The number of hydrogen-bond donors (Lipinski definition) is 0. The normalized spacial score (nSPS) is 47.8. The molecule has 612 valence electrons. The van der Waals surface area contributed by atoms with Crippen LogP contribution in [0.5, 0.6) is 0 Å². The van der Waals surface area contributed by atoms with Gasteiger partial charge in [0.25, 0.3) is 0 Å². The van der Waals surface area contributed by atoms with Gasteiger partial charge in [0.2, 0.25) is 0 Å². The van der Waals surface area contributed by atoms with Crippen LogP contribution in [0.25, 0.3) is 0 Å². The van der Waals surface area contributed by atoms with Gasteiger partial charge in [-0.3, -0.25) is 0 Å². The minimum absolute atomic E-state index is 0.551. The fraction of sp³-hybridized carbons (Fsp3) is 0.944. The van der Waals surface area contributed by atoms with Crippen molar-refractivity contribution in [3.63, 3.8) is 0 Å². The van der Waals surface area contributed by atoms with Crippen molar-refractivity contribution in [1.29, 1.82) is 0 Å². The molecule has 0 spiro atoms. The fourth-order valence-corrected chi connectivity index (χ4v) is 34.9. The van der Waals surface area contributed by atoms with Gasteiger partial charge in [-0.05, 0) is 403 Å². The quantitative estimate of drug-likeness (QED) is 0.120. The lowest BCUT2D eigenvalue weighted by Crippen LogP contribution is -2.52. The van der Waals surface area contributed by atoms with Crippen molar-refractivity contribution in [1.82, 2.24) is 0 Å². The third-order valence-corrected chi connectivity index (χ3v) is 41.3. The second-order valence-corrected chi connectivity index (χ2v) is 48.3. The minimum atomic E-state index is 0.551. The predicted molar refractivity (Wildman–Crippen MR) is 466 cm³/mol. The Hall–Kier alpha value is -0.780. The molecule has 16 aliphatic carbocycles. The summed E-state index contributed by atoms with van der Waals surface area (Å²) < 4.78 is 0. The zero-order chi connectivity index (χ0) is 76.4. The van der Waals surface area contributed by atoms with E-state index in [0.717, 1.165) is 165 Å². The molecule has 13 fully saturated rings. The highest BCUT2D eigenvalue weighted by Crippen LogP contribution is 2.73. The molecule has 0 heteroatoms. The van der Waals surface area contributed by atoms with E-state index in [1.165, 1.54) is 250 Å². The molecule has 13 saturated carbocycles. The number of allylic oxidation sites excluding steroid dienone is 6. The van der Waals surface area contributed by atoms with Gasteiger partial charge in [-0.15, -0.1) is 0 Å². The van der Waals surface area contributed by atoms with Crippen molar-refractivity contribution in [3.05, 3.63) is 34.9 Å². The van der Waals surface area contributed by atoms with E-state index in [2.05, 4.69) is 164 Å². The van der Waals surface area contributed by atoms with Crippen molar-refractivity contribution < 1.29 is 0 Å². The monoisotopic (exact) mass is 1470 g/mol. The lowest BCUT2D eigenvalue weighted by molar-refractivity contribution is -0.110. The maximum Gasteiger partial charge on any atom is -0.00851 e. The molecule has 107 heavy (non-hydrogen) atoms. The lowest BCUT2D eigenvalue weighted by Gasteiger charge is -2.60. The first kappa shape index (κ1) is 84.1. The molecule has 31 atom stereocenters. The Morgan fingerprint density at radius 2 is 0.729 bits per heavy atom. The third-order valence-electron chi connectivity index (χ3n) is 41.3. The average Bonchev–Trinajstić information content (AvgIpc) is 1.68. The third kappa shape index (κ3) is 16.3. The molecule has 0 aliphatic heterocycles. The molecule has 0 bridgehead atoms. The summed E-state index contributed by atoms with van der Waals surface area (Å²) >= 11 is 0.